The van der Waals surface area contributed by atoms with Crippen LogP contribution in [0, 0.1) is 0 Å². The lowest BCUT2D eigenvalue weighted by Gasteiger charge is -2.10. The van der Waals surface area contributed by atoms with Crippen molar-refractivity contribution in [3.8, 4) is 0 Å². The molecule has 5 N–H and O–H groups in total. The highest BCUT2D eigenvalue weighted by atomic mass is 32.2. The van der Waals surface area contributed by atoms with Crippen molar-refractivity contribution in [3.05, 3.63) is 36.4 Å². The van der Waals surface area contributed by atoms with Gasteiger partial charge in [0.25, 0.3) is 0 Å². The van der Waals surface area contributed by atoms with Crippen LogP contribution in [-0.2, 0) is 23.6 Å². The van der Waals surface area contributed by atoms with Gasteiger partial charge in [0.2, 0.25) is 10.0 Å². The Labute approximate surface area is 111 Å². The quantitative estimate of drug-likeness (QED) is 0.695. The molecule has 1 aromatic heterocycles. The van der Waals surface area contributed by atoms with Gasteiger partial charge in [0.15, 0.2) is 0 Å². The number of imidazole rings is 1. The summed E-state index contributed by atoms with van der Waals surface area (Å²) in [5, 5.41) is 8.12. The van der Waals surface area contributed by atoms with E-state index in [1.54, 1.807) is 12.3 Å². The van der Waals surface area contributed by atoms with E-state index < -0.39 is 10.0 Å². The highest BCUT2D eigenvalue weighted by Gasteiger charge is 2.10. The number of rotatable bonds is 4. The van der Waals surface area contributed by atoms with E-state index >= 15 is 0 Å². The van der Waals surface area contributed by atoms with Gasteiger partial charge in [-0.05, 0) is 18.2 Å². The molecule has 0 atom stereocenters. The summed E-state index contributed by atoms with van der Waals surface area (Å²) in [6.45, 7) is 0.489. The summed E-state index contributed by atoms with van der Waals surface area (Å²) in [6, 6.07) is 4.32. The third-order valence-electron chi connectivity index (χ3n) is 2.71. The number of benzene rings is 1. The predicted molar refractivity (Wildman–Crippen MR) is 72.8 cm³/mol. The zero-order valence-electron chi connectivity index (χ0n) is 10.4. The number of nitrogens with zero attached hydrogens (tertiary/aromatic N) is 2. The van der Waals surface area contributed by atoms with Crippen LogP contribution in [0.25, 0.3) is 0 Å². The Balaban J connectivity index is 2.16. The summed E-state index contributed by atoms with van der Waals surface area (Å²) < 4.78 is 24.2. The van der Waals surface area contributed by atoms with E-state index in [0.717, 1.165) is 5.82 Å². The number of aryl methyl sites for hydroxylation is 1. The highest BCUT2D eigenvalue weighted by molar-refractivity contribution is 7.89. The van der Waals surface area contributed by atoms with Gasteiger partial charge < -0.3 is 15.6 Å². The molecule has 0 spiro atoms. The number of hydrogen-bond acceptors (Lipinski definition) is 5. The van der Waals surface area contributed by atoms with Crippen LogP contribution in [0.3, 0.4) is 0 Å². The first-order valence-corrected chi connectivity index (χ1v) is 7.05. The molecule has 0 bridgehead atoms. The summed E-state index contributed by atoms with van der Waals surface area (Å²) in [5.74, 6) is 0.843. The first-order valence-electron chi connectivity index (χ1n) is 5.50. The van der Waals surface area contributed by atoms with E-state index in [9.17, 15) is 8.42 Å². The minimum atomic E-state index is -3.73. The zero-order chi connectivity index (χ0) is 14.0. The normalized spacial score (nSPS) is 11.5. The molecule has 19 heavy (non-hydrogen) atoms. The molecule has 1 aromatic carbocycles. The van der Waals surface area contributed by atoms with E-state index in [-0.39, 0.29) is 4.90 Å². The van der Waals surface area contributed by atoms with Crippen molar-refractivity contribution in [1.82, 2.24) is 9.55 Å². The van der Waals surface area contributed by atoms with Gasteiger partial charge in [-0.2, -0.15) is 0 Å². The fraction of sp³-hybridized carbons (Fsp3) is 0.182. The van der Waals surface area contributed by atoms with Gasteiger partial charge in [-0.15, -0.1) is 0 Å². The monoisotopic (exact) mass is 281 g/mol. The molecule has 0 saturated carbocycles. The van der Waals surface area contributed by atoms with Crippen LogP contribution in [0.15, 0.2) is 35.5 Å². The number of nitrogen functional groups attached to an aromatic ring is 1. The molecule has 0 aliphatic heterocycles. The minimum absolute atomic E-state index is 0.00691. The van der Waals surface area contributed by atoms with Crippen molar-refractivity contribution in [1.29, 1.82) is 0 Å². The van der Waals surface area contributed by atoms with E-state index in [1.165, 1.54) is 12.1 Å². The van der Waals surface area contributed by atoms with Gasteiger partial charge in [-0.1, -0.05) is 0 Å². The lowest BCUT2D eigenvalue weighted by molar-refractivity contribution is 0.598. The van der Waals surface area contributed by atoms with E-state index in [0.29, 0.717) is 17.9 Å². The molecule has 2 aromatic rings. The van der Waals surface area contributed by atoms with Crippen LogP contribution in [0.5, 0.6) is 0 Å². The summed E-state index contributed by atoms with van der Waals surface area (Å²) in [7, 11) is -1.84. The van der Waals surface area contributed by atoms with Crippen molar-refractivity contribution in [3.63, 3.8) is 0 Å². The summed E-state index contributed by atoms with van der Waals surface area (Å²) >= 11 is 0. The maximum Gasteiger partial charge on any atom is 0.238 e. The van der Waals surface area contributed by atoms with Crippen LogP contribution >= 0.6 is 0 Å². The molecule has 1 heterocycles. The molecule has 8 heteroatoms. The van der Waals surface area contributed by atoms with Crippen LogP contribution in [0.1, 0.15) is 5.82 Å². The largest absolute Gasteiger partial charge is 0.397 e. The Morgan fingerprint density at radius 3 is 2.68 bits per heavy atom. The SMILES string of the molecule is Cn1ccnc1CNc1ccc(S(N)(=O)=O)cc1N. The summed E-state index contributed by atoms with van der Waals surface area (Å²) in [4.78, 5) is 4.15. The molecule has 0 saturated heterocycles. The zero-order valence-corrected chi connectivity index (χ0v) is 11.2. The standard InChI is InChI=1S/C11H15N5O2S/c1-16-5-4-14-11(16)7-15-10-3-2-8(6-9(10)12)19(13,17)18/h2-6,15H,7,12H2,1H3,(H2,13,17,18). The molecule has 0 amide bonds. The van der Waals surface area contributed by atoms with Crippen molar-refractivity contribution in [2.24, 2.45) is 12.2 Å². The molecule has 0 radical (unpaired) electrons. The second kappa shape index (κ2) is 4.90. The Kier molecular flexibility index (Phi) is 3.45. The number of primary sulfonamides is 1. The fourth-order valence-corrected chi connectivity index (χ4v) is 2.17. The number of hydrogen-bond donors (Lipinski definition) is 3. The number of nitrogens with one attached hydrogen (secondary N) is 1. The third kappa shape index (κ3) is 3.04. The number of sulfonamides is 1. The Morgan fingerprint density at radius 2 is 2.16 bits per heavy atom. The topological polar surface area (TPSA) is 116 Å². The van der Waals surface area contributed by atoms with E-state index in [4.69, 9.17) is 10.9 Å². The van der Waals surface area contributed by atoms with Crippen LogP contribution in [-0.4, -0.2) is 18.0 Å². The van der Waals surface area contributed by atoms with Crippen LogP contribution in [0.2, 0.25) is 0 Å². The smallest absolute Gasteiger partial charge is 0.238 e. The summed E-state index contributed by atoms with van der Waals surface area (Å²) in [5.41, 5.74) is 6.74. The maximum atomic E-state index is 11.2. The molecular weight excluding hydrogens is 266 g/mol. The second-order valence-electron chi connectivity index (χ2n) is 4.10. The van der Waals surface area contributed by atoms with Crippen molar-refractivity contribution in [2.45, 2.75) is 11.4 Å². The van der Waals surface area contributed by atoms with Crippen molar-refractivity contribution < 1.29 is 8.42 Å². The highest BCUT2D eigenvalue weighted by Crippen LogP contribution is 2.22. The van der Waals surface area contributed by atoms with Gasteiger partial charge in [0.1, 0.15) is 5.82 Å². The number of anilines is 2. The van der Waals surface area contributed by atoms with E-state index in [2.05, 4.69) is 10.3 Å². The van der Waals surface area contributed by atoms with Crippen molar-refractivity contribution >= 4 is 21.4 Å². The lowest BCUT2D eigenvalue weighted by atomic mass is 10.2. The van der Waals surface area contributed by atoms with Gasteiger partial charge in [-0.25, -0.2) is 18.5 Å². The lowest BCUT2D eigenvalue weighted by Crippen LogP contribution is -2.13. The Bertz CT molecular complexity index is 693. The summed E-state index contributed by atoms with van der Waals surface area (Å²) in [6.07, 6.45) is 3.54. The molecule has 102 valence electrons. The molecule has 0 fully saturated rings. The number of nitrogens with two attached hydrogens (primary N) is 2. The van der Waals surface area contributed by atoms with E-state index in [1.807, 2.05) is 17.8 Å². The second-order valence-corrected chi connectivity index (χ2v) is 5.66. The minimum Gasteiger partial charge on any atom is -0.397 e. The maximum absolute atomic E-state index is 11.2. The van der Waals surface area contributed by atoms with Crippen LogP contribution < -0.4 is 16.2 Å². The van der Waals surface area contributed by atoms with Gasteiger partial charge in [-0.3, -0.25) is 0 Å². The average Bonchev–Trinajstić information content (AvgIpc) is 2.72. The molecule has 0 unspecified atom stereocenters. The molecule has 0 aliphatic rings. The first-order chi connectivity index (χ1) is 8.88. The van der Waals surface area contributed by atoms with Crippen molar-refractivity contribution in [2.75, 3.05) is 11.1 Å². The van der Waals surface area contributed by atoms with Gasteiger partial charge in [0.05, 0.1) is 22.8 Å². The van der Waals surface area contributed by atoms with Gasteiger partial charge in [0, 0.05) is 19.4 Å². The number of aromatic nitrogens is 2. The third-order valence-corrected chi connectivity index (χ3v) is 3.62. The molecule has 2 rings (SSSR count). The Morgan fingerprint density at radius 1 is 1.42 bits per heavy atom. The molecule has 7 nitrogen and oxygen atoms in total. The van der Waals surface area contributed by atoms with Crippen LogP contribution in [0.4, 0.5) is 11.4 Å². The average molecular weight is 281 g/mol. The fourth-order valence-electron chi connectivity index (χ4n) is 1.62. The van der Waals surface area contributed by atoms with Gasteiger partial charge >= 0.3 is 0 Å². The molecule has 0 aliphatic carbocycles. The first kappa shape index (κ1) is 13.4. The predicted octanol–water partition coefficient (Wildman–Crippen LogP) is 0.262. The molecular formula is C11H15N5O2S. The Hall–Kier alpha value is -2.06.